The Labute approximate surface area is 121 Å². The van der Waals surface area contributed by atoms with Crippen LogP contribution in [-0.2, 0) is 0 Å². The van der Waals surface area contributed by atoms with Crippen molar-refractivity contribution in [1.29, 1.82) is 0 Å². The monoisotopic (exact) mass is 333 g/mol. The molecular weight excluding hydrogens is 314 g/mol. The lowest BCUT2D eigenvalue weighted by molar-refractivity contribution is 0.0983. The molecule has 1 heterocycles. The third kappa shape index (κ3) is 5.61. The molecule has 0 saturated carbocycles. The molecule has 0 saturated heterocycles. The molecule has 1 aromatic heterocycles. The summed E-state index contributed by atoms with van der Waals surface area (Å²) in [5.41, 5.74) is -0.0287. The van der Waals surface area contributed by atoms with E-state index in [1.807, 2.05) is 12.1 Å². The number of hydrogen-bond donors (Lipinski definition) is 2. The summed E-state index contributed by atoms with van der Waals surface area (Å²) < 4.78 is 0.988. The highest BCUT2D eigenvalue weighted by Gasteiger charge is 2.17. The van der Waals surface area contributed by atoms with Gasteiger partial charge in [0.2, 0.25) is 0 Å². The van der Waals surface area contributed by atoms with Crippen molar-refractivity contribution in [1.82, 2.24) is 5.32 Å². The molecule has 0 radical (unpaired) electrons. The first-order valence-corrected chi connectivity index (χ1v) is 7.70. The van der Waals surface area contributed by atoms with Crippen molar-refractivity contribution in [3.63, 3.8) is 0 Å². The summed E-state index contributed by atoms with van der Waals surface area (Å²) in [6.07, 6.45) is 2.20. The van der Waals surface area contributed by atoms with Gasteiger partial charge in [0.15, 0.2) is 5.78 Å². The van der Waals surface area contributed by atoms with Gasteiger partial charge < -0.3 is 10.4 Å². The third-order valence-corrected chi connectivity index (χ3v) is 4.43. The van der Waals surface area contributed by atoms with E-state index in [2.05, 4.69) is 35.1 Å². The van der Waals surface area contributed by atoms with Crippen LogP contribution in [0.15, 0.2) is 15.9 Å². The molecule has 5 heteroatoms. The number of carbonyl (C=O) groups is 1. The van der Waals surface area contributed by atoms with Crippen LogP contribution in [0.25, 0.3) is 0 Å². The zero-order chi connectivity index (χ0) is 13.6. The molecule has 0 aliphatic heterocycles. The fourth-order valence-corrected chi connectivity index (χ4v) is 3.06. The quantitative estimate of drug-likeness (QED) is 0.718. The first-order chi connectivity index (χ1) is 8.44. The number of aliphatic hydroxyl groups excluding tert-OH is 1. The highest BCUT2D eigenvalue weighted by atomic mass is 79.9. The lowest BCUT2D eigenvalue weighted by Gasteiger charge is -2.26. The van der Waals surface area contributed by atoms with Crippen LogP contribution in [0.2, 0.25) is 0 Å². The van der Waals surface area contributed by atoms with Gasteiger partial charge in [-0.2, -0.15) is 0 Å². The molecule has 0 aliphatic carbocycles. The fraction of sp³-hybridized carbons (Fsp3) is 0.615. The van der Waals surface area contributed by atoms with Crippen molar-refractivity contribution in [3.05, 3.63) is 20.8 Å². The predicted octanol–water partition coefficient (Wildman–Crippen LogP) is 3.22. The number of rotatable bonds is 8. The van der Waals surface area contributed by atoms with E-state index >= 15 is 0 Å². The maximum atomic E-state index is 11.9. The van der Waals surface area contributed by atoms with Gasteiger partial charge in [0.1, 0.15) is 0 Å². The van der Waals surface area contributed by atoms with Crippen LogP contribution in [-0.4, -0.2) is 29.6 Å². The summed E-state index contributed by atoms with van der Waals surface area (Å²) in [7, 11) is 0. The lowest BCUT2D eigenvalue weighted by Crippen LogP contribution is -2.40. The van der Waals surface area contributed by atoms with Crippen molar-refractivity contribution in [2.45, 2.75) is 38.6 Å². The molecule has 1 aromatic rings. The fourth-order valence-electron chi connectivity index (χ4n) is 1.71. The van der Waals surface area contributed by atoms with E-state index in [0.717, 1.165) is 21.5 Å². The van der Waals surface area contributed by atoms with Crippen LogP contribution in [0.4, 0.5) is 0 Å². The lowest BCUT2D eigenvalue weighted by atomic mass is 9.98. The minimum Gasteiger partial charge on any atom is -0.396 e. The summed E-state index contributed by atoms with van der Waals surface area (Å²) in [4.78, 5) is 12.7. The second-order valence-electron chi connectivity index (χ2n) is 4.91. The predicted molar refractivity (Wildman–Crippen MR) is 79.4 cm³/mol. The van der Waals surface area contributed by atoms with Gasteiger partial charge in [0.05, 0.1) is 8.66 Å². The van der Waals surface area contributed by atoms with Crippen LogP contribution >= 0.6 is 27.3 Å². The van der Waals surface area contributed by atoms with Gasteiger partial charge in [-0.3, -0.25) is 4.79 Å². The zero-order valence-corrected chi connectivity index (χ0v) is 13.2. The maximum Gasteiger partial charge on any atom is 0.174 e. The first kappa shape index (κ1) is 15.8. The topological polar surface area (TPSA) is 49.3 Å². The van der Waals surface area contributed by atoms with Gasteiger partial charge in [0, 0.05) is 25.1 Å². The SMILES string of the molecule is CC(C)(CCCO)NCCC(=O)c1ccc(Br)s1. The molecule has 3 nitrogen and oxygen atoms in total. The average molecular weight is 334 g/mol. The molecule has 0 aliphatic rings. The summed E-state index contributed by atoms with van der Waals surface area (Å²) in [5, 5.41) is 12.2. The largest absolute Gasteiger partial charge is 0.396 e. The van der Waals surface area contributed by atoms with Crippen molar-refractivity contribution >= 4 is 33.0 Å². The maximum absolute atomic E-state index is 11.9. The Morgan fingerprint density at radius 1 is 1.50 bits per heavy atom. The Kier molecular flexibility index (Phi) is 6.49. The van der Waals surface area contributed by atoms with Gasteiger partial charge in [-0.15, -0.1) is 11.3 Å². The van der Waals surface area contributed by atoms with Gasteiger partial charge in [0.25, 0.3) is 0 Å². The van der Waals surface area contributed by atoms with E-state index in [4.69, 9.17) is 5.11 Å². The second-order valence-corrected chi connectivity index (χ2v) is 7.38. The van der Waals surface area contributed by atoms with Gasteiger partial charge >= 0.3 is 0 Å². The van der Waals surface area contributed by atoms with Crippen molar-refractivity contribution in [2.24, 2.45) is 0 Å². The van der Waals surface area contributed by atoms with E-state index in [1.54, 1.807) is 0 Å². The first-order valence-electron chi connectivity index (χ1n) is 6.09. The van der Waals surface area contributed by atoms with Crippen LogP contribution in [0, 0.1) is 0 Å². The molecule has 0 amide bonds. The van der Waals surface area contributed by atoms with E-state index in [1.165, 1.54) is 11.3 Å². The molecule has 0 spiro atoms. The summed E-state index contributed by atoms with van der Waals surface area (Å²) in [6.45, 7) is 5.07. The van der Waals surface area contributed by atoms with Crippen LogP contribution in [0.3, 0.4) is 0 Å². The number of halogens is 1. The number of thiophene rings is 1. The summed E-state index contributed by atoms with van der Waals surface area (Å²) in [6, 6.07) is 3.75. The zero-order valence-electron chi connectivity index (χ0n) is 10.8. The second kappa shape index (κ2) is 7.38. The van der Waals surface area contributed by atoms with Gasteiger partial charge in [-0.25, -0.2) is 0 Å². The number of carbonyl (C=O) groups excluding carboxylic acids is 1. The number of Topliss-reactive ketones (excluding diaryl/α,β-unsaturated/α-hetero) is 1. The van der Waals surface area contributed by atoms with Crippen LogP contribution in [0.5, 0.6) is 0 Å². The Morgan fingerprint density at radius 3 is 2.78 bits per heavy atom. The van der Waals surface area contributed by atoms with Crippen molar-refractivity contribution in [2.75, 3.05) is 13.2 Å². The summed E-state index contributed by atoms with van der Waals surface area (Å²) in [5.74, 6) is 0.177. The van der Waals surface area contributed by atoms with Gasteiger partial charge in [-0.05, 0) is 54.8 Å². The molecule has 102 valence electrons. The Balaban J connectivity index is 2.31. The molecule has 0 fully saturated rings. The number of hydrogen-bond acceptors (Lipinski definition) is 4. The molecule has 2 N–H and O–H groups in total. The Morgan fingerprint density at radius 2 is 2.22 bits per heavy atom. The molecular formula is C13H20BrNO2S. The molecule has 0 bridgehead atoms. The standard InChI is InChI=1S/C13H20BrNO2S/c1-13(2,7-3-9-16)15-8-6-10(17)11-4-5-12(14)18-11/h4-5,15-16H,3,6-9H2,1-2H3. The van der Waals surface area contributed by atoms with E-state index in [0.29, 0.717) is 13.0 Å². The molecule has 0 unspecified atom stereocenters. The van der Waals surface area contributed by atoms with E-state index < -0.39 is 0 Å². The number of nitrogens with one attached hydrogen (secondary N) is 1. The highest BCUT2D eigenvalue weighted by Crippen LogP contribution is 2.23. The highest BCUT2D eigenvalue weighted by molar-refractivity contribution is 9.11. The average Bonchev–Trinajstić information content (AvgIpc) is 2.73. The minimum atomic E-state index is -0.0287. The van der Waals surface area contributed by atoms with Crippen molar-refractivity contribution < 1.29 is 9.90 Å². The molecule has 1 rings (SSSR count). The smallest absolute Gasteiger partial charge is 0.174 e. The molecule has 18 heavy (non-hydrogen) atoms. The summed E-state index contributed by atoms with van der Waals surface area (Å²) >= 11 is 4.83. The molecule has 0 aromatic carbocycles. The number of aliphatic hydroxyl groups is 1. The van der Waals surface area contributed by atoms with E-state index in [-0.39, 0.29) is 17.9 Å². The van der Waals surface area contributed by atoms with Crippen LogP contribution in [0.1, 0.15) is 42.8 Å². The molecule has 0 atom stereocenters. The number of ketones is 1. The van der Waals surface area contributed by atoms with Gasteiger partial charge in [-0.1, -0.05) is 0 Å². The Hall–Kier alpha value is -0.230. The van der Waals surface area contributed by atoms with E-state index in [9.17, 15) is 4.79 Å². The van der Waals surface area contributed by atoms with Crippen molar-refractivity contribution in [3.8, 4) is 0 Å². The minimum absolute atomic E-state index is 0.0287. The third-order valence-electron chi connectivity index (χ3n) is 2.76. The van der Waals surface area contributed by atoms with Crippen LogP contribution < -0.4 is 5.32 Å². The Bertz CT molecular complexity index is 390. The normalized spacial score (nSPS) is 11.8.